The van der Waals surface area contributed by atoms with Crippen molar-refractivity contribution < 1.29 is 24.7 Å². The fourth-order valence-electron chi connectivity index (χ4n) is 5.04. The second-order valence-electron chi connectivity index (χ2n) is 11.0. The lowest BCUT2D eigenvalue weighted by Gasteiger charge is -2.05. The number of aromatic amines is 3. The third-order valence-corrected chi connectivity index (χ3v) is 7.33. The number of aryl methyl sites for hydroxylation is 3. The zero-order chi connectivity index (χ0) is 32.8. The highest BCUT2D eigenvalue weighted by molar-refractivity contribution is 5.93. The summed E-state index contributed by atoms with van der Waals surface area (Å²) in [6, 6.07) is 15.8. The van der Waals surface area contributed by atoms with E-state index in [0.717, 1.165) is 22.0 Å². The van der Waals surface area contributed by atoms with Crippen molar-refractivity contribution in [2.75, 3.05) is 0 Å². The summed E-state index contributed by atoms with van der Waals surface area (Å²) in [6.45, 7) is 5.87. The smallest absolute Gasteiger partial charge is 0.320 e. The number of H-pyrrole nitrogens is 3. The highest BCUT2D eigenvalue weighted by atomic mass is 16.6. The minimum atomic E-state index is -1.14. The van der Waals surface area contributed by atoms with Crippen molar-refractivity contribution in [3.8, 4) is 0 Å². The van der Waals surface area contributed by atoms with Gasteiger partial charge in [-0.2, -0.15) is 0 Å². The summed E-state index contributed by atoms with van der Waals surface area (Å²) in [7, 11) is 0. The molecule has 0 aliphatic heterocycles. The number of carboxylic acid groups (broad SMARTS) is 2. The first-order valence-electron chi connectivity index (χ1n) is 14.2. The number of hydrogen-bond donors (Lipinski definition) is 7. The lowest BCUT2D eigenvalue weighted by Crippen LogP contribution is -2.32. The predicted octanol–water partition coefficient (Wildman–Crippen LogP) is 5.25. The Bertz CT molecular complexity index is 1990. The van der Waals surface area contributed by atoms with E-state index < -0.39 is 28.9 Å². The first kappa shape index (κ1) is 32.5. The molecule has 0 saturated heterocycles. The van der Waals surface area contributed by atoms with E-state index in [1.807, 2.05) is 37.5 Å². The number of nitrogens with two attached hydrogens (primary N) is 2. The Balaban J connectivity index is 0.000000160. The summed E-state index contributed by atoms with van der Waals surface area (Å²) in [5.41, 5.74) is 18.5. The molecule has 9 N–H and O–H groups in total. The molecule has 0 aliphatic rings. The van der Waals surface area contributed by atoms with Crippen LogP contribution in [0.3, 0.4) is 0 Å². The van der Waals surface area contributed by atoms with E-state index in [9.17, 15) is 19.7 Å². The summed E-state index contributed by atoms with van der Waals surface area (Å²) in [5.74, 6) is -2.11. The minimum absolute atomic E-state index is 0.0381. The molecule has 0 aliphatic carbocycles. The van der Waals surface area contributed by atoms with Crippen molar-refractivity contribution in [1.29, 1.82) is 0 Å². The van der Waals surface area contributed by atoms with Crippen molar-refractivity contribution >= 4 is 50.3 Å². The SMILES string of the molecule is Cc1cc([N+](=O)[O-])c2c(CC(N)C(=O)O)c[nH]c2c1.Cc1ccc2c(CC(N)C(=O)O)c[nH]c2c1.Cc1ccc2cc[nH]c2c1. The summed E-state index contributed by atoms with van der Waals surface area (Å²) >= 11 is 0. The van der Waals surface area contributed by atoms with E-state index in [1.54, 1.807) is 19.2 Å². The normalized spacial score (nSPS) is 12.2. The molecule has 0 spiro atoms. The van der Waals surface area contributed by atoms with Gasteiger partial charge in [-0.25, -0.2) is 0 Å². The lowest BCUT2D eigenvalue weighted by atomic mass is 10.0. The largest absolute Gasteiger partial charge is 0.480 e. The number of fused-ring (bicyclic) bond motifs is 3. The van der Waals surface area contributed by atoms with Crippen LogP contribution in [0.25, 0.3) is 32.7 Å². The molecular formula is C33H36N6O6. The highest BCUT2D eigenvalue weighted by Crippen LogP contribution is 2.30. The van der Waals surface area contributed by atoms with Crippen molar-refractivity contribution in [3.05, 3.63) is 111 Å². The Hall–Kier alpha value is -5.46. The fourth-order valence-corrected chi connectivity index (χ4v) is 5.04. The van der Waals surface area contributed by atoms with Gasteiger partial charge in [0.2, 0.25) is 0 Å². The Morgan fingerprint density at radius 1 is 0.756 bits per heavy atom. The molecule has 3 heterocycles. The van der Waals surface area contributed by atoms with Gasteiger partial charge in [-0.3, -0.25) is 19.7 Å². The Morgan fingerprint density at radius 2 is 1.31 bits per heavy atom. The van der Waals surface area contributed by atoms with Crippen LogP contribution in [0.1, 0.15) is 27.8 Å². The van der Waals surface area contributed by atoms with Crippen LogP contribution >= 0.6 is 0 Å². The third-order valence-electron chi connectivity index (χ3n) is 7.33. The van der Waals surface area contributed by atoms with Crippen LogP contribution in [0, 0.1) is 30.9 Å². The first-order chi connectivity index (χ1) is 21.3. The van der Waals surface area contributed by atoms with Gasteiger partial charge in [0.1, 0.15) is 12.1 Å². The zero-order valence-corrected chi connectivity index (χ0v) is 25.1. The summed E-state index contributed by atoms with van der Waals surface area (Å²) < 4.78 is 0. The molecule has 12 heteroatoms. The molecule has 0 saturated carbocycles. The quantitative estimate of drug-likeness (QED) is 0.0931. The Labute approximate surface area is 258 Å². The van der Waals surface area contributed by atoms with Gasteiger partial charge < -0.3 is 36.6 Å². The second-order valence-corrected chi connectivity index (χ2v) is 11.0. The average Bonchev–Trinajstić information content (AvgIpc) is 3.71. The van der Waals surface area contributed by atoms with Crippen LogP contribution in [0.15, 0.2) is 73.2 Å². The van der Waals surface area contributed by atoms with Crippen molar-refractivity contribution in [1.82, 2.24) is 15.0 Å². The van der Waals surface area contributed by atoms with E-state index in [-0.39, 0.29) is 12.1 Å². The van der Waals surface area contributed by atoms with Crippen molar-refractivity contribution in [2.24, 2.45) is 11.5 Å². The number of benzene rings is 3. The maximum Gasteiger partial charge on any atom is 0.320 e. The summed E-state index contributed by atoms with van der Waals surface area (Å²) in [4.78, 5) is 41.3. The molecule has 0 amide bonds. The maximum absolute atomic E-state index is 11.1. The van der Waals surface area contributed by atoms with E-state index >= 15 is 0 Å². The number of aromatic nitrogens is 3. The fraction of sp³-hybridized carbons (Fsp3) is 0.212. The zero-order valence-electron chi connectivity index (χ0n) is 25.1. The maximum atomic E-state index is 11.1. The Kier molecular flexibility index (Phi) is 10.0. The molecule has 2 atom stereocenters. The van der Waals surface area contributed by atoms with E-state index in [1.165, 1.54) is 28.1 Å². The lowest BCUT2D eigenvalue weighted by molar-refractivity contribution is -0.383. The Morgan fingerprint density at radius 3 is 1.96 bits per heavy atom. The first-order valence-corrected chi connectivity index (χ1v) is 14.2. The molecule has 12 nitrogen and oxygen atoms in total. The van der Waals surface area contributed by atoms with Crippen molar-refractivity contribution in [2.45, 2.75) is 45.7 Å². The predicted molar refractivity (Wildman–Crippen MR) is 174 cm³/mol. The third kappa shape index (κ3) is 7.93. The number of aliphatic carboxylic acids is 2. The molecule has 234 valence electrons. The molecule has 45 heavy (non-hydrogen) atoms. The van der Waals surface area contributed by atoms with Gasteiger partial charge in [0.15, 0.2) is 0 Å². The number of carbonyl (C=O) groups is 2. The van der Waals surface area contributed by atoms with Crippen LogP contribution in [-0.4, -0.2) is 54.1 Å². The topological polar surface area (TPSA) is 217 Å². The molecule has 0 radical (unpaired) electrons. The van der Waals surface area contributed by atoms with Gasteiger partial charge in [0.25, 0.3) is 5.69 Å². The number of nitro groups is 1. The highest BCUT2D eigenvalue weighted by Gasteiger charge is 2.21. The monoisotopic (exact) mass is 612 g/mol. The molecule has 6 aromatic rings. The molecule has 0 fully saturated rings. The molecule has 6 rings (SSSR count). The van der Waals surface area contributed by atoms with Gasteiger partial charge in [-0.05, 0) is 78.2 Å². The van der Waals surface area contributed by atoms with Crippen molar-refractivity contribution in [3.63, 3.8) is 0 Å². The van der Waals surface area contributed by atoms with Gasteiger partial charge in [0, 0.05) is 53.9 Å². The molecule has 0 bridgehead atoms. The summed E-state index contributed by atoms with van der Waals surface area (Å²) in [6.07, 6.45) is 5.74. The molecule has 2 unspecified atom stereocenters. The van der Waals surface area contributed by atoms with E-state index in [0.29, 0.717) is 22.9 Å². The van der Waals surface area contributed by atoms with Gasteiger partial charge in [-0.15, -0.1) is 0 Å². The van der Waals surface area contributed by atoms with Gasteiger partial charge >= 0.3 is 11.9 Å². The average molecular weight is 613 g/mol. The van der Waals surface area contributed by atoms with Crippen LogP contribution in [0.5, 0.6) is 0 Å². The molecule has 3 aromatic carbocycles. The number of nitrogens with zero attached hydrogens (tertiary/aromatic N) is 1. The van der Waals surface area contributed by atoms with E-state index in [2.05, 4.69) is 46.1 Å². The van der Waals surface area contributed by atoms with Gasteiger partial charge in [-0.1, -0.05) is 24.3 Å². The number of non-ortho nitro benzene ring substituents is 1. The number of hydrogen-bond acceptors (Lipinski definition) is 6. The summed E-state index contributed by atoms with van der Waals surface area (Å²) in [5, 5.41) is 31.4. The van der Waals surface area contributed by atoms with Crippen LogP contribution in [0.2, 0.25) is 0 Å². The number of carboxylic acids is 2. The molecule has 3 aromatic heterocycles. The number of nitro benzene ring substituents is 1. The van der Waals surface area contributed by atoms with Crippen LogP contribution in [-0.2, 0) is 22.4 Å². The second kappa shape index (κ2) is 13.9. The van der Waals surface area contributed by atoms with Crippen LogP contribution < -0.4 is 11.5 Å². The molecular weight excluding hydrogens is 576 g/mol. The van der Waals surface area contributed by atoms with Gasteiger partial charge in [0.05, 0.1) is 15.8 Å². The number of rotatable bonds is 7. The standard InChI is InChI=1S/C12H13N3O4.C12H14N2O2.C9H9N/c1-6-2-9-11(10(3-6)15(18)19)7(5-14-9)4-8(13)12(16)17;1-7-2-3-9-8(5-10(13)12(15)16)6-14-11(9)4-7;1-7-2-3-8-4-5-10-9(8)6-7/h2-3,5,8,14H,4,13H2,1H3,(H,16,17);2-4,6,10,14H,5,13H2,1H3,(H,15,16);2-6,10H,1H3. The minimum Gasteiger partial charge on any atom is -0.480 e. The van der Waals surface area contributed by atoms with E-state index in [4.69, 9.17) is 21.7 Å². The van der Waals surface area contributed by atoms with Crippen LogP contribution in [0.4, 0.5) is 5.69 Å². The number of nitrogens with one attached hydrogen (secondary N) is 3.